The van der Waals surface area contributed by atoms with Gasteiger partial charge in [0.2, 0.25) is 5.91 Å². The van der Waals surface area contributed by atoms with Crippen molar-refractivity contribution in [3.63, 3.8) is 0 Å². The van der Waals surface area contributed by atoms with Crippen LogP contribution in [0.1, 0.15) is 57.6 Å². The summed E-state index contributed by atoms with van der Waals surface area (Å²) in [5.74, 6) is 4.70. The molecule has 0 heterocycles. The van der Waals surface area contributed by atoms with Crippen LogP contribution in [-0.2, 0) is 27.4 Å². The fourth-order valence-corrected chi connectivity index (χ4v) is 4.17. The summed E-state index contributed by atoms with van der Waals surface area (Å²) in [7, 11) is 0. The van der Waals surface area contributed by atoms with E-state index in [1.54, 1.807) is 13.8 Å². The molecule has 0 unspecified atom stereocenters. The van der Waals surface area contributed by atoms with Crippen molar-refractivity contribution in [1.82, 2.24) is 10.3 Å². The van der Waals surface area contributed by atoms with Crippen molar-refractivity contribution in [2.75, 3.05) is 6.61 Å². The SMILES string of the molecule is CC(C)[C@](CO)(C(=O)[C@H](C)NC(=O)OCc1ccccc1)N(N)C(=O)CCCCCc1ccccc1. The number of alkyl carbamates (subject to hydrolysis) is 1. The second-order valence-corrected chi connectivity index (χ2v) is 9.34. The molecular weight excluding hydrogens is 458 g/mol. The molecule has 0 bridgehead atoms. The summed E-state index contributed by atoms with van der Waals surface area (Å²) in [6, 6.07) is 18.2. The van der Waals surface area contributed by atoms with Crippen LogP contribution < -0.4 is 11.2 Å². The van der Waals surface area contributed by atoms with E-state index < -0.39 is 41.9 Å². The molecule has 2 atom stereocenters. The molecule has 4 N–H and O–H groups in total. The van der Waals surface area contributed by atoms with Gasteiger partial charge in [0.05, 0.1) is 12.6 Å². The largest absolute Gasteiger partial charge is 0.445 e. The highest BCUT2D eigenvalue weighted by molar-refractivity contribution is 5.98. The molecule has 8 heteroatoms. The number of benzene rings is 2. The highest BCUT2D eigenvalue weighted by atomic mass is 16.5. The minimum Gasteiger partial charge on any atom is -0.445 e. The number of aliphatic hydroxyl groups is 1. The van der Waals surface area contributed by atoms with Crippen LogP contribution in [0.15, 0.2) is 60.7 Å². The highest BCUT2D eigenvalue weighted by Gasteiger charge is 2.49. The van der Waals surface area contributed by atoms with Crippen molar-refractivity contribution in [1.29, 1.82) is 0 Å². The van der Waals surface area contributed by atoms with Crippen molar-refractivity contribution in [2.24, 2.45) is 11.8 Å². The van der Waals surface area contributed by atoms with Gasteiger partial charge in [0, 0.05) is 6.42 Å². The number of unbranched alkanes of at least 4 members (excludes halogenated alkanes) is 2. The Labute approximate surface area is 213 Å². The summed E-state index contributed by atoms with van der Waals surface area (Å²) in [6.07, 6.45) is 2.70. The molecule has 2 rings (SSSR count). The molecule has 0 spiro atoms. The van der Waals surface area contributed by atoms with Crippen LogP contribution in [0.3, 0.4) is 0 Å². The molecule has 36 heavy (non-hydrogen) atoms. The average molecular weight is 498 g/mol. The van der Waals surface area contributed by atoms with Crippen LogP contribution in [0.4, 0.5) is 4.79 Å². The molecule has 2 aromatic carbocycles. The van der Waals surface area contributed by atoms with E-state index in [-0.39, 0.29) is 13.0 Å². The average Bonchev–Trinajstić information content (AvgIpc) is 2.88. The Hall–Kier alpha value is -3.23. The van der Waals surface area contributed by atoms with Crippen LogP contribution in [0.2, 0.25) is 0 Å². The van der Waals surface area contributed by atoms with Gasteiger partial charge in [0.1, 0.15) is 12.1 Å². The zero-order valence-corrected chi connectivity index (χ0v) is 21.5. The Morgan fingerprint density at radius 2 is 1.53 bits per heavy atom. The number of ketones is 1. The summed E-state index contributed by atoms with van der Waals surface area (Å²) in [4.78, 5) is 38.6. The third kappa shape index (κ3) is 7.90. The number of nitrogens with two attached hydrogens (primary N) is 1. The second kappa shape index (κ2) is 14.4. The van der Waals surface area contributed by atoms with Gasteiger partial charge in [0.25, 0.3) is 0 Å². The van der Waals surface area contributed by atoms with Gasteiger partial charge in [-0.1, -0.05) is 80.9 Å². The summed E-state index contributed by atoms with van der Waals surface area (Å²) in [5.41, 5.74) is 0.381. The first-order valence-corrected chi connectivity index (χ1v) is 12.5. The first kappa shape index (κ1) is 29.0. The Balaban J connectivity index is 1.93. The monoisotopic (exact) mass is 497 g/mol. The van der Waals surface area contributed by atoms with Crippen LogP contribution in [0.25, 0.3) is 0 Å². The zero-order valence-electron chi connectivity index (χ0n) is 21.5. The summed E-state index contributed by atoms with van der Waals surface area (Å²) in [6.45, 7) is 4.30. The summed E-state index contributed by atoms with van der Waals surface area (Å²) in [5, 5.41) is 13.6. The van der Waals surface area contributed by atoms with Crippen molar-refractivity contribution in [3.8, 4) is 0 Å². The lowest BCUT2D eigenvalue weighted by Crippen LogP contribution is -2.68. The highest BCUT2D eigenvalue weighted by Crippen LogP contribution is 2.26. The third-order valence-corrected chi connectivity index (χ3v) is 6.46. The fraction of sp³-hybridized carbons (Fsp3) is 0.464. The molecule has 0 radical (unpaired) electrons. The van der Waals surface area contributed by atoms with Gasteiger partial charge in [-0.05, 0) is 43.2 Å². The summed E-state index contributed by atoms with van der Waals surface area (Å²) < 4.78 is 5.20. The van der Waals surface area contributed by atoms with Crippen molar-refractivity contribution >= 4 is 17.8 Å². The summed E-state index contributed by atoms with van der Waals surface area (Å²) >= 11 is 0. The normalized spacial score (nSPS) is 13.5. The van der Waals surface area contributed by atoms with E-state index in [0.29, 0.717) is 6.42 Å². The maximum Gasteiger partial charge on any atom is 0.408 e. The van der Waals surface area contributed by atoms with E-state index in [1.807, 2.05) is 48.5 Å². The molecule has 0 saturated heterocycles. The van der Waals surface area contributed by atoms with Gasteiger partial charge >= 0.3 is 6.09 Å². The molecular formula is C28H39N3O5. The number of hydrazine groups is 1. The van der Waals surface area contributed by atoms with Crippen LogP contribution in [-0.4, -0.2) is 46.1 Å². The van der Waals surface area contributed by atoms with Crippen LogP contribution in [0.5, 0.6) is 0 Å². The number of hydrogen-bond donors (Lipinski definition) is 3. The van der Waals surface area contributed by atoms with Crippen LogP contribution in [0, 0.1) is 5.92 Å². The second-order valence-electron chi connectivity index (χ2n) is 9.34. The third-order valence-electron chi connectivity index (χ3n) is 6.46. The topological polar surface area (TPSA) is 122 Å². The Morgan fingerprint density at radius 3 is 2.08 bits per heavy atom. The van der Waals surface area contributed by atoms with Crippen molar-refractivity contribution < 1.29 is 24.2 Å². The minimum absolute atomic E-state index is 0.0503. The lowest BCUT2D eigenvalue weighted by atomic mass is 9.79. The predicted molar refractivity (Wildman–Crippen MR) is 139 cm³/mol. The number of ether oxygens (including phenoxy) is 1. The molecule has 0 aliphatic rings. The van der Waals surface area contributed by atoms with Gasteiger partial charge in [-0.25, -0.2) is 10.6 Å². The smallest absolute Gasteiger partial charge is 0.408 e. The minimum atomic E-state index is -1.67. The van der Waals surface area contributed by atoms with E-state index in [4.69, 9.17) is 10.6 Å². The number of nitrogens with zero attached hydrogens (tertiary/aromatic N) is 1. The lowest BCUT2D eigenvalue weighted by molar-refractivity contribution is -0.155. The molecule has 0 saturated carbocycles. The molecule has 0 aromatic heterocycles. The quantitative estimate of drug-likeness (QED) is 0.158. The molecule has 0 aliphatic heterocycles. The predicted octanol–water partition coefficient (Wildman–Crippen LogP) is 3.76. The first-order valence-electron chi connectivity index (χ1n) is 12.5. The number of rotatable bonds is 14. The maximum absolute atomic E-state index is 13.4. The van der Waals surface area contributed by atoms with Gasteiger partial charge in [0.15, 0.2) is 5.78 Å². The Kier molecular flexibility index (Phi) is 11.6. The number of nitrogens with one attached hydrogen (secondary N) is 1. The molecule has 2 aromatic rings. The fourth-order valence-electron chi connectivity index (χ4n) is 4.17. The zero-order chi connectivity index (χ0) is 26.6. The maximum atomic E-state index is 13.4. The Morgan fingerprint density at radius 1 is 0.944 bits per heavy atom. The molecule has 0 fully saturated rings. The van der Waals surface area contributed by atoms with E-state index in [0.717, 1.165) is 29.8 Å². The van der Waals surface area contributed by atoms with Gasteiger partial charge in [-0.3, -0.25) is 14.6 Å². The first-order chi connectivity index (χ1) is 17.2. The van der Waals surface area contributed by atoms with Crippen molar-refractivity contribution in [2.45, 2.75) is 71.1 Å². The van der Waals surface area contributed by atoms with E-state index in [1.165, 1.54) is 12.5 Å². The number of carbonyl (C=O) groups excluding carboxylic acids is 3. The van der Waals surface area contributed by atoms with Crippen LogP contribution >= 0.6 is 0 Å². The molecule has 0 aliphatic carbocycles. The number of amides is 2. The lowest BCUT2D eigenvalue weighted by Gasteiger charge is -2.43. The molecule has 196 valence electrons. The molecule has 2 amide bonds. The van der Waals surface area contributed by atoms with Gasteiger partial charge in [-0.2, -0.15) is 0 Å². The standard InChI is InChI=1S/C28H39N3O5/c1-21(2)28(20-32,26(34)22(3)30-27(35)36-19-24-16-10-5-11-17-24)31(29)25(33)18-12-6-9-15-23-13-7-4-8-14-23/h4-5,7-8,10-11,13-14,16-17,21-22,32H,6,9,12,15,18-20,29H2,1-3H3,(H,30,35)/t22-,28+/m0/s1. The van der Waals surface area contributed by atoms with Crippen molar-refractivity contribution in [3.05, 3.63) is 71.8 Å². The number of Topliss-reactive ketones (excluding diaryl/α,β-unsaturated/α-hetero) is 1. The van der Waals surface area contributed by atoms with E-state index in [2.05, 4.69) is 17.4 Å². The number of carbonyl (C=O) groups is 3. The van der Waals surface area contributed by atoms with E-state index in [9.17, 15) is 19.5 Å². The Bertz CT molecular complexity index is 968. The van der Waals surface area contributed by atoms with Gasteiger partial charge < -0.3 is 15.2 Å². The number of hydrogen-bond acceptors (Lipinski definition) is 6. The van der Waals surface area contributed by atoms with Gasteiger partial charge in [-0.15, -0.1) is 0 Å². The molecule has 8 nitrogen and oxygen atoms in total. The number of aliphatic hydroxyl groups excluding tert-OH is 1. The number of aryl methyl sites for hydroxylation is 1. The van der Waals surface area contributed by atoms with E-state index >= 15 is 0 Å².